The quantitative estimate of drug-likeness (QED) is 0.428. The molecular formula is C23H16BrN3O2. The Hall–Kier alpha value is -3.51. The number of nitrogen functional groups attached to an aromatic ring is 1. The van der Waals surface area contributed by atoms with Crippen LogP contribution in [-0.4, -0.2) is 21.5 Å². The summed E-state index contributed by atoms with van der Waals surface area (Å²) in [6.45, 7) is 0. The molecule has 2 aromatic heterocycles. The predicted molar refractivity (Wildman–Crippen MR) is 116 cm³/mol. The number of hydrogen-bond acceptors (Lipinski definition) is 4. The number of benzene rings is 2. The van der Waals surface area contributed by atoms with Gasteiger partial charge in [-0.2, -0.15) is 0 Å². The molecule has 0 spiro atoms. The normalized spacial score (nSPS) is 10.7. The van der Waals surface area contributed by atoms with Crippen LogP contribution in [0.2, 0.25) is 0 Å². The van der Waals surface area contributed by atoms with Gasteiger partial charge in [0.2, 0.25) is 5.78 Å². The summed E-state index contributed by atoms with van der Waals surface area (Å²) in [6.07, 6.45) is 3.23. The van der Waals surface area contributed by atoms with E-state index in [0.29, 0.717) is 22.3 Å². The van der Waals surface area contributed by atoms with E-state index in [0.717, 1.165) is 4.47 Å². The van der Waals surface area contributed by atoms with E-state index in [2.05, 4.69) is 25.9 Å². The van der Waals surface area contributed by atoms with E-state index < -0.39 is 0 Å². The van der Waals surface area contributed by atoms with Crippen molar-refractivity contribution in [3.63, 3.8) is 0 Å². The topological polar surface area (TPSA) is 88.8 Å². The highest BCUT2D eigenvalue weighted by atomic mass is 79.9. The minimum Gasteiger partial charge on any atom is -0.385 e. The van der Waals surface area contributed by atoms with Gasteiger partial charge >= 0.3 is 0 Å². The number of rotatable bonds is 5. The fourth-order valence-corrected chi connectivity index (χ4v) is 3.48. The van der Waals surface area contributed by atoms with Gasteiger partial charge in [-0.15, -0.1) is 0 Å². The molecule has 0 aliphatic carbocycles. The molecule has 3 N–H and O–H groups in total. The van der Waals surface area contributed by atoms with Crippen LogP contribution < -0.4 is 5.73 Å². The van der Waals surface area contributed by atoms with Crippen molar-refractivity contribution >= 4 is 33.3 Å². The first kappa shape index (κ1) is 18.8. The maximum atomic E-state index is 13.2. The highest BCUT2D eigenvalue weighted by Gasteiger charge is 2.27. The summed E-state index contributed by atoms with van der Waals surface area (Å²) >= 11 is 3.37. The number of carbonyl (C=O) groups excluding carboxylic acids is 2. The molecule has 0 aliphatic heterocycles. The van der Waals surface area contributed by atoms with Crippen LogP contribution in [0.3, 0.4) is 0 Å². The molecule has 0 saturated heterocycles. The second-order valence-electron chi connectivity index (χ2n) is 6.43. The molecule has 2 aromatic carbocycles. The van der Waals surface area contributed by atoms with Gasteiger partial charge in [-0.25, -0.2) is 0 Å². The molecule has 29 heavy (non-hydrogen) atoms. The van der Waals surface area contributed by atoms with E-state index >= 15 is 0 Å². The van der Waals surface area contributed by atoms with Crippen LogP contribution in [0.4, 0.5) is 5.82 Å². The zero-order chi connectivity index (χ0) is 20.4. The number of aromatic amines is 1. The number of halogens is 1. The van der Waals surface area contributed by atoms with Gasteiger partial charge in [0.15, 0.2) is 5.78 Å². The first-order chi connectivity index (χ1) is 14.1. The summed E-state index contributed by atoms with van der Waals surface area (Å²) in [4.78, 5) is 33.5. The number of nitrogens with zero attached hydrogens (tertiary/aromatic N) is 1. The second-order valence-corrected chi connectivity index (χ2v) is 7.35. The Morgan fingerprint density at radius 1 is 0.828 bits per heavy atom. The third kappa shape index (κ3) is 3.62. The fourth-order valence-electron chi connectivity index (χ4n) is 3.21. The minimum atomic E-state index is -0.249. The largest absolute Gasteiger partial charge is 0.385 e. The summed E-state index contributed by atoms with van der Waals surface area (Å²) in [5, 5.41) is 0. The lowest BCUT2D eigenvalue weighted by atomic mass is 9.93. The van der Waals surface area contributed by atoms with Gasteiger partial charge in [0.05, 0.1) is 11.3 Å². The Labute approximate surface area is 175 Å². The number of pyridine rings is 1. The number of ketones is 2. The van der Waals surface area contributed by atoms with Crippen LogP contribution in [0.15, 0.2) is 83.6 Å². The Morgan fingerprint density at radius 2 is 1.45 bits per heavy atom. The van der Waals surface area contributed by atoms with Crippen molar-refractivity contribution in [3.8, 4) is 11.1 Å². The van der Waals surface area contributed by atoms with Crippen molar-refractivity contribution < 1.29 is 9.59 Å². The van der Waals surface area contributed by atoms with E-state index in [1.54, 1.807) is 73.1 Å². The molecule has 0 aliphatic rings. The van der Waals surface area contributed by atoms with Gasteiger partial charge in [-0.1, -0.05) is 46.3 Å². The summed E-state index contributed by atoms with van der Waals surface area (Å²) in [5.41, 5.74) is 8.91. The number of hydrogen-bond donors (Lipinski definition) is 2. The summed E-state index contributed by atoms with van der Waals surface area (Å²) in [6, 6.07) is 19.4. The lowest BCUT2D eigenvalue weighted by Gasteiger charge is -2.08. The molecule has 4 aromatic rings. The van der Waals surface area contributed by atoms with E-state index in [1.807, 2.05) is 6.07 Å². The van der Waals surface area contributed by atoms with Crippen molar-refractivity contribution in [2.24, 2.45) is 0 Å². The maximum absolute atomic E-state index is 13.2. The summed E-state index contributed by atoms with van der Waals surface area (Å²) < 4.78 is 0.870. The Morgan fingerprint density at radius 3 is 2.10 bits per heavy atom. The van der Waals surface area contributed by atoms with Crippen molar-refractivity contribution in [2.45, 2.75) is 0 Å². The zero-order valence-electron chi connectivity index (χ0n) is 15.2. The van der Waals surface area contributed by atoms with E-state index in [4.69, 9.17) is 5.73 Å². The third-order valence-corrected chi connectivity index (χ3v) is 5.12. The van der Waals surface area contributed by atoms with Crippen molar-refractivity contribution in [3.05, 3.63) is 106 Å². The van der Waals surface area contributed by atoms with Gasteiger partial charge in [-0.3, -0.25) is 14.6 Å². The monoisotopic (exact) mass is 445 g/mol. The minimum absolute atomic E-state index is 0.158. The Bertz CT molecular complexity index is 1180. The molecule has 4 rings (SSSR count). The summed E-state index contributed by atoms with van der Waals surface area (Å²) in [7, 11) is 0. The molecule has 0 radical (unpaired) electrons. The number of nitrogens with two attached hydrogens (primary N) is 1. The lowest BCUT2D eigenvalue weighted by molar-refractivity contribution is 0.103. The van der Waals surface area contributed by atoms with Crippen LogP contribution in [0.1, 0.15) is 32.0 Å². The lowest BCUT2D eigenvalue weighted by Crippen LogP contribution is -2.06. The van der Waals surface area contributed by atoms with Crippen LogP contribution in [0, 0.1) is 0 Å². The van der Waals surface area contributed by atoms with Gasteiger partial charge < -0.3 is 10.7 Å². The molecule has 0 fully saturated rings. The van der Waals surface area contributed by atoms with E-state index in [1.165, 1.54) is 0 Å². The third-order valence-electron chi connectivity index (χ3n) is 4.59. The first-order valence-corrected chi connectivity index (χ1v) is 9.67. The van der Waals surface area contributed by atoms with Crippen LogP contribution in [0.25, 0.3) is 11.1 Å². The van der Waals surface area contributed by atoms with Crippen LogP contribution in [-0.2, 0) is 0 Å². The van der Waals surface area contributed by atoms with Crippen molar-refractivity contribution in [1.82, 2.24) is 9.97 Å². The molecule has 0 saturated carbocycles. The highest BCUT2D eigenvalue weighted by molar-refractivity contribution is 9.10. The number of nitrogens with one attached hydrogen (secondary N) is 1. The highest BCUT2D eigenvalue weighted by Crippen LogP contribution is 2.34. The van der Waals surface area contributed by atoms with E-state index in [9.17, 15) is 9.59 Å². The van der Waals surface area contributed by atoms with Gasteiger partial charge in [-0.05, 0) is 42.0 Å². The molecule has 142 valence electrons. The molecule has 0 amide bonds. The molecular weight excluding hydrogens is 430 g/mol. The van der Waals surface area contributed by atoms with Gasteiger partial charge in [0, 0.05) is 33.6 Å². The SMILES string of the molecule is Nc1[nH]c(C(=O)c2ccc(Br)cc2)c(-c2ccncc2)c1C(=O)c1ccccc1. The smallest absolute Gasteiger partial charge is 0.209 e. The predicted octanol–water partition coefficient (Wildman–Crippen LogP) is 4.88. The van der Waals surface area contributed by atoms with Crippen LogP contribution in [0.5, 0.6) is 0 Å². The maximum Gasteiger partial charge on any atom is 0.209 e. The Kier molecular flexibility index (Phi) is 5.10. The zero-order valence-corrected chi connectivity index (χ0v) is 16.8. The fraction of sp³-hybridized carbons (Fsp3) is 0. The number of anilines is 1. The summed E-state index contributed by atoms with van der Waals surface area (Å²) in [5.74, 6) is -0.338. The molecule has 6 heteroatoms. The number of carbonyl (C=O) groups is 2. The average Bonchev–Trinajstić information content (AvgIpc) is 3.11. The van der Waals surface area contributed by atoms with Crippen molar-refractivity contribution in [1.29, 1.82) is 0 Å². The molecule has 0 unspecified atom stereocenters. The Balaban J connectivity index is 1.92. The standard InChI is InChI=1S/C23H16BrN3O2/c24-17-8-6-16(7-9-17)22(29)20-18(14-10-12-26-13-11-14)19(23(25)27-20)21(28)15-4-2-1-3-5-15/h1-13,27H,25H2. The second kappa shape index (κ2) is 7.85. The number of aromatic nitrogens is 2. The molecule has 0 bridgehead atoms. The van der Waals surface area contributed by atoms with Gasteiger partial charge in [0.25, 0.3) is 0 Å². The van der Waals surface area contributed by atoms with Crippen molar-refractivity contribution in [2.75, 3.05) is 5.73 Å². The van der Waals surface area contributed by atoms with Crippen LogP contribution >= 0.6 is 15.9 Å². The van der Waals surface area contributed by atoms with E-state index in [-0.39, 0.29) is 28.6 Å². The average molecular weight is 446 g/mol. The van der Waals surface area contributed by atoms with Gasteiger partial charge in [0.1, 0.15) is 5.82 Å². The number of H-pyrrole nitrogens is 1. The molecule has 5 nitrogen and oxygen atoms in total. The molecule has 2 heterocycles. The molecule has 0 atom stereocenters. The first-order valence-electron chi connectivity index (χ1n) is 8.88.